The van der Waals surface area contributed by atoms with E-state index in [1.54, 1.807) is 19.4 Å². The van der Waals surface area contributed by atoms with Crippen molar-refractivity contribution in [2.45, 2.75) is 19.8 Å². The lowest BCUT2D eigenvalue weighted by atomic mass is 10.0. The second kappa shape index (κ2) is 3.43. The molecule has 0 aliphatic carbocycles. The van der Waals surface area contributed by atoms with Gasteiger partial charge in [-0.25, -0.2) is 4.98 Å². The number of anilines is 1. The predicted octanol–water partition coefficient (Wildman–Crippen LogP) is 1.80. The second-order valence-corrected chi connectivity index (χ2v) is 3.01. The zero-order valence-corrected chi connectivity index (χ0v) is 7.66. The average molecular weight is 166 g/mol. The van der Waals surface area contributed by atoms with Crippen molar-refractivity contribution in [1.82, 2.24) is 4.98 Å². The molecule has 0 radical (unpaired) electrons. The monoisotopic (exact) mass is 166 g/mol. The number of methoxy groups -OCH3 is 1. The van der Waals surface area contributed by atoms with Gasteiger partial charge in [0.15, 0.2) is 0 Å². The highest BCUT2D eigenvalue weighted by Crippen LogP contribution is 2.23. The summed E-state index contributed by atoms with van der Waals surface area (Å²) in [4.78, 5) is 4.08. The summed E-state index contributed by atoms with van der Waals surface area (Å²) in [5, 5.41) is 0. The lowest BCUT2D eigenvalue weighted by Gasteiger charge is -2.09. The van der Waals surface area contributed by atoms with Gasteiger partial charge in [0.2, 0.25) is 5.88 Å². The van der Waals surface area contributed by atoms with Crippen LogP contribution in [-0.4, -0.2) is 12.1 Å². The molecule has 1 rings (SSSR count). The molecule has 0 saturated heterocycles. The maximum absolute atomic E-state index is 5.78. The lowest BCUT2D eigenvalue weighted by molar-refractivity contribution is 0.398. The third-order valence-electron chi connectivity index (χ3n) is 1.77. The normalized spacial score (nSPS) is 10.3. The Labute approximate surface area is 72.6 Å². The zero-order chi connectivity index (χ0) is 9.14. The Bertz CT molecular complexity index is 271. The first-order valence-electron chi connectivity index (χ1n) is 3.94. The van der Waals surface area contributed by atoms with Gasteiger partial charge in [-0.2, -0.15) is 0 Å². The molecule has 0 aliphatic heterocycles. The highest BCUT2D eigenvalue weighted by atomic mass is 16.5. The van der Waals surface area contributed by atoms with Crippen LogP contribution in [0, 0.1) is 0 Å². The summed E-state index contributed by atoms with van der Waals surface area (Å²) in [6.45, 7) is 4.17. The number of nitrogens with zero attached hydrogens (tertiary/aromatic N) is 1. The van der Waals surface area contributed by atoms with Crippen LogP contribution in [0.2, 0.25) is 0 Å². The maximum Gasteiger partial charge on any atom is 0.214 e. The molecule has 1 aromatic rings. The van der Waals surface area contributed by atoms with Crippen molar-refractivity contribution in [1.29, 1.82) is 0 Å². The fourth-order valence-electron chi connectivity index (χ4n) is 1.06. The predicted molar refractivity (Wildman–Crippen MR) is 49.3 cm³/mol. The molecule has 0 fully saturated rings. The maximum atomic E-state index is 5.78. The Hall–Kier alpha value is -1.25. The molecule has 66 valence electrons. The van der Waals surface area contributed by atoms with Crippen molar-refractivity contribution in [2.24, 2.45) is 0 Å². The van der Waals surface area contributed by atoms with E-state index in [9.17, 15) is 0 Å². The molecule has 1 heterocycles. The molecular weight excluding hydrogens is 152 g/mol. The van der Waals surface area contributed by atoms with Gasteiger partial charge < -0.3 is 10.5 Å². The van der Waals surface area contributed by atoms with Crippen molar-refractivity contribution >= 4 is 5.69 Å². The molecule has 0 spiro atoms. The van der Waals surface area contributed by atoms with Crippen LogP contribution in [0.3, 0.4) is 0 Å². The van der Waals surface area contributed by atoms with Crippen LogP contribution in [0.4, 0.5) is 5.69 Å². The first kappa shape index (κ1) is 8.84. The van der Waals surface area contributed by atoms with Crippen LogP contribution in [0.25, 0.3) is 0 Å². The molecule has 2 N–H and O–H groups in total. The highest BCUT2D eigenvalue weighted by molar-refractivity contribution is 5.49. The van der Waals surface area contributed by atoms with E-state index in [-0.39, 0.29) is 0 Å². The van der Waals surface area contributed by atoms with E-state index in [2.05, 4.69) is 18.8 Å². The van der Waals surface area contributed by atoms with Gasteiger partial charge in [-0.3, -0.25) is 0 Å². The van der Waals surface area contributed by atoms with Crippen molar-refractivity contribution in [3.8, 4) is 5.88 Å². The molecule has 12 heavy (non-hydrogen) atoms. The molecule has 0 aliphatic rings. The summed E-state index contributed by atoms with van der Waals surface area (Å²) < 4.78 is 4.94. The third-order valence-corrected chi connectivity index (χ3v) is 1.77. The molecule has 0 amide bonds. The number of ether oxygens (including phenoxy) is 1. The molecule has 0 bridgehead atoms. The first-order valence-corrected chi connectivity index (χ1v) is 3.94. The van der Waals surface area contributed by atoms with E-state index < -0.39 is 0 Å². The van der Waals surface area contributed by atoms with Crippen LogP contribution >= 0.6 is 0 Å². The van der Waals surface area contributed by atoms with Crippen molar-refractivity contribution in [3.05, 3.63) is 17.8 Å². The fourth-order valence-corrected chi connectivity index (χ4v) is 1.06. The summed E-state index contributed by atoms with van der Waals surface area (Å²) in [5.41, 5.74) is 7.59. The summed E-state index contributed by atoms with van der Waals surface area (Å²) >= 11 is 0. The SMILES string of the molecule is COc1cc(N)c(C(C)C)cn1. The Morgan fingerprint density at radius 2 is 2.17 bits per heavy atom. The largest absolute Gasteiger partial charge is 0.481 e. The molecule has 0 saturated carbocycles. The number of aromatic nitrogens is 1. The number of nitrogen functional groups attached to an aromatic ring is 1. The fraction of sp³-hybridized carbons (Fsp3) is 0.444. The summed E-state index contributed by atoms with van der Waals surface area (Å²) in [6.07, 6.45) is 1.76. The Morgan fingerprint density at radius 1 is 1.50 bits per heavy atom. The number of hydrogen-bond acceptors (Lipinski definition) is 3. The van der Waals surface area contributed by atoms with Gasteiger partial charge in [0.1, 0.15) is 0 Å². The number of rotatable bonds is 2. The minimum Gasteiger partial charge on any atom is -0.481 e. The van der Waals surface area contributed by atoms with Gasteiger partial charge in [-0.05, 0) is 11.5 Å². The van der Waals surface area contributed by atoms with Crippen LogP contribution in [0.15, 0.2) is 12.3 Å². The van der Waals surface area contributed by atoms with Gasteiger partial charge in [0.25, 0.3) is 0 Å². The minimum absolute atomic E-state index is 0.406. The van der Waals surface area contributed by atoms with E-state index in [1.807, 2.05) is 0 Å². The number of pyridine rings is 1. The van der Waals surface area contributed by atoms with Gasteiger partial charge in [-0.1, -0.05) is 13.8 Å². The van der Waals surface area contributed by atoms with Crippen molar-refractivity contribution in [3.63, 3.8) is 0 Å². The number of hydrogen-bond donors (Lipinski definition) is 1. The molecule has 3 nitrogen and oxygen atoms in total. The zero-order valence-electron chi connectivity index (χ0n) is 7.66. The molecule has 0 aromatic carbocycles. The first-order chi connectivity index (χ1) is 5.65. The van der Waals surface area contributed by atoms with Gasteiger partial charge in [0.05, 0.1) is 7.11 Å². The van der Waals surface area contributed by atoms with Crippen LogP contribution in [0.5, 0.6) is 5.88 Å². The van der Waals surface area contributed by atoms with E-state index in [0.717, 1.165) is 11.3 Å². The van der Waals surface area contributed by atoms with Gasteiger partial charge in [0, 0.05) is 18.0 Å². The highest BCUT2D eigenvalue weighted by Gasteiger charge is 2.05. The Morgan fingerprint density at radius 3 is 2.58 bits per heavy atom. The Balaban J connectivity index is 3.03. The van der Waals surface area contributed by atoms with Gasteiger partial charge >= 0.3 is 0 Å². The second-order valence-electron chi connectivity index (χ2n) is 3.01. The van der Waals surface area contributed by atoms with E-state index >= 15 is 0 Å². The molecular formula is C9H14N2O. The number of nitrogens with two attached hydrogens (primary N) is 1. The topological polar surface area (TPSA) is 48.1 Å². The summed E-state index contributed by atoms with van der Waals surface area (Å²) in [6, 6.07) is 1.75. The van der Waals surface area contributed by atoms with Crippen molar-refractivity contribution in [2.75, 3.05) is 12.8 Å². The molecule has 3 heteroatoms. The lowest BCUT2D eigenvalue weighted by Crippen LogP contribution is -1.98. The van der Waals surface area contributed by atoms with Crippen LogP contribution < -0.4 is 10.5 Å². The molecule has 0 atom stereocenters. The standard InChI is InChI=1S/C9H14N2O/c1-6(2)7-5-11-9(12-3)4-8(7)10/h4-6H,1-3H3,(H2,10,11). The summed E-state index contributed by atoms with van der Waals surface area (Å²) in [5.74, 6) is 0.973. The van der Waals surface area contributed by atoms with E-state index in [0.29, 0.717) is 11.8 Å². The van der Waals surface area contributed by atoms with Crippen molar-refractivity contribution < 1.29 is 4.74 Å². The van der Waals surface area contributed by atoms with E-state index in [4.69, 9.17) is 10.5 Å². The smallest absolute Gasteiger partial charge is 0.214 e. The quantitative estimate of drug-likeness (QED) is 0.728. The summed E-state index contributed by atoms with van der Waals surface area (Å²) in [7, 11) is 1.58. The van der Waals surface area contributed by atoms with E-state index in [1.165, 1.54) is 0 Å². The van der Waals surface area contributed by atoms with Crippen LogP contribution in [0.1, 0.15) is 25.3 Å². The molecule has 0 unspecified atom stereocenters. The van der Waals surface area contributed by atoms with Gasteiger partial charge in [-0.15, -0.1) is 0 Å². The third kappa shape index (κ3) is 1.67. The Kier molecular flexibility index (Phi) is 2.53. The average Bonchev–Trinajstić information content (AvgIpc) is 2.03. The molecule has 1 aromatic heterocycles. The minimum atomic E-state index is 0.406. The van der Waals surface area contributed by atoms with Crippen LogP contribution in [-0.2, 0) is 0 Å².